The van der Waals surface area contributed by atoms with Gasteiger partial charge in [0.2, 0.25) is 11.8 Å². The molecule has 1 heterocycles. The SMILES string of the molecule is O=C(CN(C(=O)C1CCC1)C1CC1)N(Cc1ccc(F)cc1)Cc1ccco1. The fraction of sp³-hybridized carbons (Fsp3) is 0.455. The summed E-state index contributed by atoms with van der Waals surface area (Å²) in [5.41, 5.74) is 0.838. The van der Waals surface area contributed by atoms with Crippen molar-refractivity contribution in [1.29, 1.82) is 0 Å². The molecule has 2 saturated carbocycles. The molecule has 5 nitrogen and oxygen atoms in total. The number of furan rings is 1. The number of nitrogens with zero attached hydrogens (tertiary/aromatic N) is 2. The molecule has 0 spiro atoms. The van der Waals surface area contributed by atoms with E-state index in [1.54, 1.807) is 34.3 Å². The highest BCUT2D eigenvalue weighted by Gasteiger charge is 2.39. The van der Waals surface area contributed by atoms with Crippen LogP contribution in [0.25, 0.3) is 0 Å². The lowest BCUT2D eigenvalue weighted by molar-refractivity contribution is -0.145. The molecule has 6 heteroatoms. The van der Waals surface area contributed by atoms with E-state index in [9.17, 15) is 14.0 Å². The van der Waals surface area contributed by atoms with Crippen molar-refractivity contribution in [2.24, 2.45) is 5.92 Å². The van der Waals surface area contributed by atoms with Crippen LogP contribution in [0.1, 0.15) is 43.4 Å². The van der Waals surface area contributed by atoms with Crippen LogP contribution in [0, 0.1) is 11.7 Å². The molecule has 2 aliphatic carbocycles. The Bertz CT molecular complexity index is 811. The first kappa shape index (κ1) is 18.7. The van der Waals surface area contributed by atoms with E-state index in [1.165, 1.54) is 12.1 Å². The Kier molecular flexibility index (Phi) is 5.46. The summed E-state index contributed by atoms with van der Waals surface area (Å²) in [6.07, 6.45) is 6.48. The van der Waals surface area contributed by atoms with Crippen LogP contribution >= 0.6 is 0 Å². The largest absolute Gasteiger partial charge is 0.467 e. The number of hydrogen-bond acceptors (Lipinski definition) is 3. The smallest absolute Gasteiger partial charge is 0.242 e. The predicted octanol–water partition coefficient (Wildman–Crippen LogP) is 3.74. The average Bonchev–Trinajstić information content (AvgIpc) is 3.35. The molecule has 0 unspecified atom stereocenters. The van der Waals surface area contributed by atoms with Gasteiger partial charge in [0.05, 0.1) is 12.8 Å². The molecule has 0 bridgehead atoms. The molecule has 148 valence electrons. The van der Waals surface area contributed by atoms with Crippen LogP contribution < -0.4 is 0 Å². The first-order valence-corrected chi connectivity index (χ1v) is 9.95. The molecular formula is C22H25FN2O3. The van der Waals surface area contributed by atoms with Gasteiger partial charge < -0.3 is 14.2 Å². The standard InChI is InChI=1S/C22H25FN2O3/c23-18-8-6-16(7-9-18)13-24(14-20-5-2-12-28-20)21(26)15-25(19-10-11-19)22(27)17-3-1-4-17/h2,5-9,12,17,19H,1,3-4,10-11,13-15H2. The summed E-state index contributed by atoms with van der Waals surface area (Å²) in [7, 11) is 0. The molecule has 28 heavy (non-hydrogen) atoms. The van der Waals surface area contributed by atoms with Gasteiger partial charge in [0.25, 0.3) is 0 Å². The Morgan fingerprint density at radius 2 is 1.79 bits per heavy atom. The number of hydrogen-bond donors (Lipinski definition) is 0. The highest BCUT2D eigenvalue weighted by Crippen LogP contribution is 2.34. The maximum atomic E-state index is 13.2. The molecule has 0 atom stereocenters. The predicted molar refractivity (Wildman–Crippen MR) is 101 cm³/mol. The fourth-order valence-electron chi connectivity index (χ4n) is 3.54. The minimum absolute atomic E-state index is 0.0871. The third kappa shape index (κ3) is 4.43. The Hall–Kier alpha value is -2.63. The third-order valence-corrected chi connectivity index (χ3v) is 5.60. The van der Waals surface area contributed by atoms with E-state index in [2.05, 4.69) is 0 Å². The number of benzene rings is 1. The molecule has 4 rings (SSSR count). The Labute approximate surface area is 164 Å². The highest BCUT2D eigenvalue weighted by atomic mass is 19.1. The van der Waals surface area contributed by atoms with Crippen LogP contribution in [0.2, 0.25) is 0 Å². The molecule has 0 N–H and O–H groups in total. The van der Waals surface area contributed by atoms with E-state index in [0.29, 0.717) is 18.8 Å². The van der Waals surface area contributed by atoms with E-state index < -0.39 is 0 Å². The first-order valence-electron chi connectivity index (χ1n) is 9.95. The molecular weight excluding hydrogens is 359 g/mol. The summed E-state index contributed by atoms with van der Waals surface area (Å²) in [5.74, 6) is 0.476. The average molecular weight is 384 g/mol. The summed E-state index contributed by atoms with van der Waals surface area (Å²) < 4.78 is 18.6. The third-order valence-electron chi connectivity index (χ3n) is 5.60. The quantitative estimate of drug-likeness (QED) is 0.697. The van der Waals surface area contributed by atoms with Crippen LogP contribution in [0.3, 0.4) is 0 Å². The van der Waals surface area contributed by atoms with Crippen LogP contribution in [0.4, 0.5) is 4.39 Å². The molecule has 2 fully saturated rings. The molecule has 0 aliphatic heterocycles. The van der Waals surface area contributed by atoms with Crippen molar-refractivity contribution < 1.29 is 18.4 Å². The van der Waals surface area contributed by atoms with Gasteiger partial charge in [-0.3, -0.25) is 9.59 Å². The maximum absolute atomic E-state index is 13.2. The van der Waals surface area contributed by atoms with Crippen molar-refractivity contribution in [3.05, 3.63) is 59.8 Å². The number of carbonyl (C=O) groups is 2. The van der Waals surface area contributed by atoms with E-state index in [-0.39, 0.29) is 36.1 Å². The van der Waals surface area contributed by atoms with Crippen LogP contribution in [-0.2, 0) is 22.7 Å². The number of amides is 2. The van der Waals surface area contributed by atoms with Gasteiger partial charge >= 0.3 is 0 Å². The Morgan fingerprint density at radius 1 is 1.04 bits per heavy atom. The van der Waals surface area contributed by atoms with Crippen LogP contribution in [-0.4, -0.2) is 34.2 Å². The van der Waals surface area contributed by atoms with Crippen molar-refractivity contribution in [3.63, 3.8) is 0 Å². The second-order valence-corrected chi connectivity index (χ2v) is 7.78. The van der Waals surface area contributed by atoms with Gasteiger partial charge in [-0.15, -0.1) is 0 Å². The molecule has 1 aromatic heterocycles. The highest BCUT2D eigenvalue weighted by molar-refractivity contribution is 5.86. The van der Waals surface area contributed by atoms with Gasteiger partial charge in [-0.25, -0.2) is 4.39 Å². The molecule has 2 aliphatic rings. The van der Waals surface area contributed by atoms with E-state index in [0.717, 1.165) is 37.7 Å². The van der Waals surface area contributed by atoms with Crippen molar-refractivity contribution in [3.8, 4) is 0 Å². The monoisotopic (exact) mass is 384 g/mol. The summed E-state index contributed by atoms with van der Waals surface area (Å²) in [4.78, 5) is 29.4. The first-order chi connectivity index (χ1) is 13.6. The Morgan fingerprint density at radius 3 is 2.36 bits per heavy atom. The molecule has 2 amide bonds. The van der Waals surface area contributed by atoms with Crippen molar-refractivity contribution >= 4 is 11.8 Å². The zero-order valence-electron chi connectivity index (χ0n) is 15.9. The van der Waals surface area contributed by atoms with E-state index >= 15 is 0 Å². The van der Waals surface area contributed by atoms with Crippen molar-refractivity contribution in [2.45, 2.75) is 51.2 Å². The number of rotatable bonds is 8. The molecule has 0 saturated heterocycles. The van der Waals surface area contributed by atoms with E-state index in [4.69, 9.17) is 4.42 Å². The normalized spacial score (nSPS) is 16.5. The zero-order chi connectivity index (χ0) is 19.5. The molecule has 2 aromatic rings. The topological polar surface area (TPSA) is 53.8 Å². The maximum Gasteiger partial charge on any atom is 0.242 e. The minimum atomic E-state index is -0.307. The second kappa shape index (κ2) is 8.17. The summed E-state index contributed by atoms with van der Waals surface area (Å²) in [5, 5.41) is 0. The van der Waals surface area contributed by atoms with E-state index in [1.807, 2.05) is 6.07 Å². The van der Waals surface area contributed by atoms with Crippen LogP contribution in [0.15, 0.2) is 47.1 Å². The lowest BCUT2D eigenvalue weighted by Gasteiger charge is -2.33. The van der Waals surface area contributed by atoms with Gasteiger partial charge in [-0.1, -0.05) is 18.6 Å². The lowest BCUT2D eigenvalue weighted by atomic mass is 9.84. The van der Waals surface area contributed by atoms with Crippen LogP contribution in [0.5, 0.6) is 0 Å². The number of halogens is 1. The second-order valence-electron chi connectivity index (χ2n) is 7.78. The van der Waals surface area contributed by atoms with Gasteiger partial charge in [0.15, 0.2) is 0 Å². The van der Waals surface area contributed by atoms with Gasteiger partial charge in [-0.2, -0.15) is 0 Å². The summed E-state index contributed by atoms with van der Waals surface area (Å²) in [6.45, 7) is 0.761. The van der Waals surface area contributed by atoms with Gasteiger partial charge in [-0.05, 0) is 55.5 Å². The molecule has 1 aromatic carbocycles. The van der Waals surface area contributed by atoms with Crippen molar-refractivity contribution in [2.75, 3.05) is 6.54 Å². The fourth-order valence-corrected chi connectivity index (χ4v) is 3.54. The summed E-state index contributed by atoms with van der Waals surface area (Å²) in [6, 6.07) is 9.94. The molecule has 0 radical (unpaired) electrons. The van der Waals surface area contributed by atoms with Gasteiger partial charge in [0, 0.05) is 18.5 Å². The van der Waals surface area contributed by atoms with Crippen molar-refractivity contribution in [1.82, 2.24) is 9.80 Å². The Balaban J connectivity index is 1.47. The van der Waals surface area contributed by atoms with Gasteiger partial charge in [0.1, 0.15) is 18.1 Å². The summed E-state index contributed by atoms with van der Waals surface area (Å²) >= 11 is 0. The zero-order valence-corrected chi connectivity index (χ0v) is 15.9. The lowest BCUT2D eigenvalue weighted by Crippen LogP contribution is -2.46. The minimum Gasteiger partial charge on any atom is -0.467 e. The number of carbonyl (C=O) groups excluding carboxylic acids is 2.